The number of nitrogens with one attached hydrogen (secondary N) is 1. The third-order valence-corrected chi connectivity index (χ3v) is 3.80. The number of aliphatic imine (C=N–C) groups is 1. The van der Waals surface area contributed by atoms with E-state index in [9.17, 15) is 0 Å². The predicted octanol–water partition coefficient (Wildman–Crippen LogP) is 3.20. The first-order valence-corrected chi connectivity index (χ1v) is 7.45. The van der Waals surface area contributed by atoms with Crippen LogP contribution < -0.4 is 11.3 Å². The molecule has 3 heteroatoms. The molecule has 1 aromatic carbocycles. The molecule has 0 amide bonds. The molecule has 1 aromatic rings. The average Bonchev–Trinajstić information content (AvgIpc) is 2.48. The third kappa shape index (κ3) is 5.03. The van der Waals surface area contributed by atoms with Crippen LogP contribution in [0.2, 0.25) is 0 Å². The number of aryl methyl sites for hydroxylation is 1. The van der Waals surface area contributed by atoms with Gasteiger partial charge in [-0.15, -0.1) is 0 Å². The molecule has 1 aliphatic carbocycles. The van der Waals surface area contributed by atoms with Gasteiger partial charge < -0.3 is 5.43 Å². The van der Waals surface area contributed by atoms with Gasteiger partial charge >= 0.3 is 0 Å². The number of benzene rings is 1. The highest BCUT2D eigenvalue weighted by Gasteiger charge is 2.12. The van der Waals surface area contributed by atoms with E-state index in [0.717, 1.165) is 25.1 Å². The first-order valence-electron chi connectivity index (χ1n) is 7.45. The number of amidine groups is 1. The molecule has 0 heterocycles. The smallest absolute Gasteiger partial charge is 0.111 e. The molecule has 0 saturated heterocycles. The van der Waals surface area contributed by atoms with Crippen LogP contribution in [0.5, 0.6) is 0 Å². The fourth-order valence-corrected chi connectivity index (χ4v) is 2.71. The Morgan fingerprint density at radius 2 is 1.89 bits per heavy atom. The minimum atomic E-state index is 0.497. The molecule has 104 valence electrons. The molecule has 3 N–H and O–H groups in total. The lowest BCUT2D eigenvalue weighted by atomic mass is 9.96. The topological polar surface area (TPSA) is 50.4 Å². The normalized spacial score (nSPS) is 17.4. The minimum Gasteiger partial charge on any atom is -0.312 e. The summed E-state index contributed by atoms with van der Waals surface area (Å²) in [5, 5.41) is 0. The number of nitrogens with two attached hydrogens (primary N) is 1. The molecular formula is C16H25N3. The second-order valence-corrected chi connectivity index (χ2v) is 5.35. The molecule has 19 heavy (non-hydrogen) atoms. The highest BCUT2D eigenvalue weighted by atomic mass is 15.3. The van der Waals surface area contributed by atoms with Crippen LogP contribution in [0.15, 0.2) is 35.3 Å². The summed E-state index contributed by atoms with van der Waals surface area (Å²) in [6.07, 6.45) is 9.58. The number of hydrazine groups is 1. The third-order valence-electron chi connectivity index (χ3n) is 3.80. The maximum atomic E-state index is 5.59. The molecule has 3 nitrogen and oxygen atoms in total. The summed E-state index contributed by atoms with van der Waals surface area (Å²) in [6, 6.07) is 11.1. The Morgan fingerprint density at radius 1 is 1.16 bits per heavy atom. The van der Waals surface area contributed by atoms with Crippen molar-refractivity contribution in [1.29, 1.82) is 0 Å². The summed E-state index contributed by atoms with van der Waals surface area (Å²) in [7, 11) is 0. The quantitative estimate of drug-likeness (QED) is 0.369. The lowest BCUT2D eigenvalue weighted by Crippen LogP contribution is -2.32. The van der Waals surface area contributed by atoms with Gasteiger partial charge in [0.15, 0.2) is 0 Å². The summed E-state index contributed by atoms with van der Waals surface area (Å²) in [5.74, 6) is 6.56. The van der Waals surface area contributed by atoms with Gasteiger partial charge in [0, 0.05) is 6.42 Å². The Hall–Kier alpha value is -1.35. The summed E-state index contributed by atoms with van der Waals surface area (Å²) in [5.41, 5.74) is 4.17. The first-order chi connectivity index (χ1) is 9.38. The van der Waals surface area contributed by atoms with E-state index in [1.165, 1.54) is 37.7 Å². The van der Waals surface area contributed by atoms with Crippen LogP contribution in [0.1, 0.15) is 50.5 Å². The minimum absolute atomic E-state index is 0.497. The van der Waals surface area contributed by atoms with Crippen molar-refractivity contribution in [3.8, 4) is 0 Å². The van der Waals surface area contributed by atoms with Crippen molar-refractivity contribution in [3.05, 3.63) is 35.9 Å². The Kier molecular flexibility index (Phi) is 5.89. The lowest BCUT2D eigenvalue weighted by Gasteiger charge is -2.19. The zero-order chi connectivity index (χ0) is 13.3. The van der Waals surface area contributed by atoms with Crippen molar-refractivity contribution in [1.82, 2.24) is 5.43 Å². The summed E-state index contributed by atoms with van der Waals surface area (Å²) in [6.45, 7) is 0. The van der Waals surface area contributed by atoms with Gasteiger partial charge in [0.1, 0.15) is 5.84 Å². The molecule has 0 bridgehead atoms. The monoisotopic (exact) mass is 259 g/mol. The van der Waals surface area contributed by atoms with Crippen molar-refractivity contribution >= 4 is 5.84 Å². The summed E-state index contributed by atoms with van der Waals surface area (Å²) < 4.78 is 0. The maximum absolute atomic E-state index is 5.59. The van der Waals surface area contributed by atoms with E-state index in [0.29, 0.717) is 6.04 Å². The van der Waals surface area contributed by atoms with Crippen molar-refractivity contribution in [3.63, 3.8) is 0 Å². The molecule has 2 rings (SSSR count). The Balaban J connectivity index is 1.77. The van der Waals surface area contributed by atoms with E-state index in [2.05, 4.69) is 35.8 Å². The van der Waals surface area contributed by atoms with E-state index in [-0.39, 0.29) is 0 Å². The van der Waals surface area contributed by atoms with Gasteiger partial charge in [-0.3, -0.25) is 4.99 Å². The van der Waals surface area contributed by atoms with Crippen LogP contribution in [-0.4, -0.2) is 11.9 Å². The number of nitrogens with zero attached hydrogens (tertiary/aromatic N) is 1. The molecule has 1 saturated carbocycles. The van der Waals surface area contributed by atoms with Crippen LogP contribution in [0, 0.1) is 0 Å². The van der Waals surface area contributed by atoms with Crippen molar-refractivity contribution < 1.29 is 0 Å². The van der Waals surface area contributed by atoms with Gasteiger partial charge in [-0.1, -0.05) is 49.6 Å². The molecule has 1 fully saturated rings. The second-order valence-electron chi connectivity index (χ2n) is 5.35. The molecule has 0 unspecified atom stereocenters. The number of hydrogen-bond donors (Lipinski definition) is 2. The predicted molar refractivity (Wildman–Crippen MR) is 81.0 cm³/mol. The van der Waals surface area contributed by atoms with E-state index in [1.807, 2.05) is 0 Å². The van der Waals surface area contributed by atoms with Gasteiger partial charge in [-0.2, -0.15) is 0 Å². The Morgan fingerprint density at radius 3 is 2.58 bits per heavy atom. The molecule has 1 aliphatic rings. The van der Waals surface area contributed by atoms with Crippen molar-refractivity contribution in [2.24, 2.45) is 10.8 Å². The zero-order valence-electron chi connectivity index (χ0n) is 11.6. The molecule has 0 spiro atoms. The van der Waals surface area contributed by atoms with Gasteiger partial charge in [0.2, 0.25) is 0 Å². The van der Waals surface area contributed by atoms with Crippen LogP contribution in [-0.2, 0) is 6.42 Å². The summed E-state index contributed by atoms with van der Waals surface area (Å²) in [4.78, 5) is 4.77. The molecular weight excluding hydrogens is 234 g/mol. The van der Waals surface area contributed by atoms with E-state index >= 15 is 0 Å². The lowest BCUT2D eigenvalue weighted by molar-refractivity contribution is 0.441. The largest absolute Gasteiger partial charge is 0.312 e. The van der Waals surface area contributed by atoms with Gasteiger partial charge in [-0.05, 0) is 31.2 Å². The Bertz CT molecular complexity index is 380. The maximum Gasteiger partial charge on any atom is 0.111 e. The van der Waals surface area contributed by atoms with Crippen molar-refractivity contribution in [2.75, 3.05) is 0 Å². The average molecular weight is 259 g/mol. The SMILES string of the molecule is NNC(CCCc1ccccc1)=NC1CCCCC1. The van der Waals surface area contributed by atoms with Gasteiger partial charge in [0.25, 0.3) is 0 Å². The van der Waals surface area contributed by atoms with E-state index in [1.54, 1.807) is 0 Å². The molecule has 0 radical (unpaired) electrons. The standard InChI is InChI=1S/C16H25N3/c17-19-16(18-15-11-5-2-6-12-15)13-7-10-14-8-3-1-4-9-14/h1,3-4,8-9,15H,2,5-7,10-13,17H2,(H,18,19). The van der Waals surface area contributed by atoms with Crippen LogP contribution >= 0.6 is 0 Å². The first kappa shape index (κ1) is 14.1. The van der Waals surface area contributed by atoms with Gasteiger partial charge in [-0.25, -0.2) is 5.84 Å². The molecule has 0 aromatic heterocycles. The van der Waals surface area contributed by atoms with E-state index in [4.69, 9.17) is 10.8 Å². The highest BCUT2D eigenvalue weighted by molar-refractivity contribution is 5.81. The molecule has 0 aliphatic heterocycles. The molecule has 0 atom stereocenters. The second kappa shape index (κ2) is 7.95. The van der Waals surface area contributed by atoms with E-state index < -0.39 is 0 Å². The highest BCUT2D eigenvalue weighted by Crippen LogP contribution is 2.20. The number of hydrogen-bond acceptors (Lipinski definition) is 2. The van der Waals surface area contributed by atoms with Crippen LogP contribution in [0.25, 0.3) is 0 Å². The Labute approximate surface area is 116 Å². The number of rotatable bonds is 5. The zero-order valence-corrected chi connectivity index (χ0v) is 11.6. The van der Waals surface area contributed by atoms with Gasteiger partial charge in [0.05, 0.1) is 6.04 Å². The fourth-order valence-electron chi connectivity index (χ4n) is 2.71. The summed E-state index contributed by atoms with van der Waals surface area (Å²) >= 11 is 0. The van der Waals surface area contributed by atoms with Crippen LogP contribution in [0.4, 0.5) is 0 Å². The van der Waals surface area contributed by atoms with Crippen LogP contribution in [0.3, 0.4) is 0 Å². The van der Waals surface area contributed by atoms with Crippen molar-refractivity contribution in [2.45, 2.75) is 57.4 Å². The fraction of sp³-hybridized carbons (Fsp3) is 0.562.